The number of nitrogens with zero attached hydrogens (tertiary/aromatic N) is 2. The number of carbonyl (C=O) groups is 1. The maximum Gasteiger partial charge on any atom is 0.231 e. The molecule has 100 valence electrons. The van der Waals surface area contributed by atoms with Gasteiger partial charge < -0.3 is 14.5 Å². The molecule has 0 N–H and O–H groups in total. The molecule has 0 aromatic rings. The average Bonchev–Trinajstić information content (AvgIpc) is 2.92. The van der Waals surface area contributed by atoms with Gasteiger partial charge in [0.1, 0.15) is 0 Å². The van der Waals surface area contributed by atoms with Gasteiger partial charge in [-0.05, 0) is 41.3 Å². The molecule has 0 bridgehead atoms. The summed E-state index contributed by atoms with van der Waals surface area (Å²) >= 11 is 0. The summed E-state index contributed by atoms with van der Waals surface area (Å²) in [7, 11) is 4.05. The van der Waals surface area contributed by atoms with E-state index in [0.29, 0.717) is 6.61 Å². The first-order chi connectivity index (χ1) is 7.95. The minimum absolute atomic E-state index is 0.121. The van der Waals surface area contributed by atoms with Crippen LogP contribution in [0.2, 0.25) is 0 Å². The lowest BCUT2D eigenvalue weighted by Gasteiger charge is -2.23. The summed E-state index contributed by atoms with van der Waals surface area (Å²) in [6.45, 7) is 9.26. The van der Waals surface area contributed by atoms with Crippen molar-refractivity contribution in [3.63, 3.8) is 0 Å². The third-order valence-electron chi connectivity index (χ3n) is 3.56. The predicted molar refractivity (Wildman–Crippen MR) is 68.9 cm³/mol. The molecule has 0 radical (unpaired) electrons. The molecule has 1 saturated carbocycles. The Bertz CT molecular complexity index is 264. The first-order valence-corrected chi connectivity index (χ1v) is 6.51. The van der Waals surface area contributed by atoms with E-state index in [4.69, 9.17) is 4.74 Å². The number of carbonyl (C=O) groups excluding carboxylic acids is 1. The number of hydrogen-bond acceptors (Lipinski definition) is 3. The topological polar surface area (TPSA) is 32.8 Å². The molecule has 1 amide bonds. The lowest BCUT2D eigenvalue weighted by molar-refractivity contribution is -0.137. The van der Waals surface area contributed by atoms with Crippen molar-refractivity contribution in [3.8, 4) is 0 Å². The van der Waals surface area contributed by atoms with Crippen molar-refractivity contribution in [1.82, 2.24) is 9.80 Å². The molecule has 0 unspecified atom stereocenters. The van der Waals surface area contributed by atoms with Gasteiger partial charge >= 0.3 is 0 Å². The Hall–Kier alpha value is -0.610. The molecule has 1 aliphatic rings. The van der Waals surface area contributed by atoms with E-state index in [1.807, 2.05) is 39.8 Å². The van der Waals surface area contributed by atoms with Crippen LogP contribution in [-0.4, -0.2) is 62.1 Å². The molecule has 1 rings (SSSR count). The zero-order valence-corrected chi connectivity index (χ0v) is 11.8. The number of amides is 1. The highest BCUT2D eigenvalue weighted by Crippen LogP contribution is 2.49. The lowest BCUT2D eigenvalue weighted by Crippen LogP contribution is -2.37. The van der Waals surface area contributed by atoms with Crippen LogP contribution in [0.1, 0.15) is 27.2 Å². The summed E-state index contributed by atoms with van der Waals surface area (Å²) < 4.78 is 5.75. The molecule has 2 atom stereocenters. The third-order valence-corrected chi connectivity index (χ3v) is 3.56. The van der Waals surface area contributed by atoms with E-state index < -0.39 is 0 Å². The summed E-state index contributed by atoms with van der Waals surface area (Å²) in [5.74, 6) is 0.248. The monoisotopic (exact) mass is 242 g/mol. The Labute approximate surface area is 105 Å². The Morgan fingerprint density at radius 2 is 1.94 bits per heavy atom. The largest absolute Gasteiger partial charge is 0.376 e. The fraction of sp³-hybridized carbons (Fsp3) is 0.923. The molecule has 1 fully saturated rings. The highest BCUT2D eigenvalue weighted by atomic mass is 16.5. The molecule has 0 aliphatic heterocycles. The van der Waals surface area contributed by atoms with Crippen molar-refractivity contribution < 1.29 is 9.53 Å². The highest BCUT2D eigenvalue weighted by molar-refractivity contribution is 5.86. The molecular formula is C13H26N2O2. The van der Waals surface area contributed by atoms with E-state index in [1.54, 1.807) is 0 Å². The van der Waals surface area contributed by atoms with Gasteiger partial charge in [-0.1, -0.05) is 0 Å². The fourth-order valence-corrected chi connectivity index (χ4v) is 2.04. The van der Waals surface area contributed by atoms with Gasteiger partial charge in [0.25, 0.3) is 0 Å². The smallest absolute Gasteiger partial charge is 0.231 e. The third kappa shape index (κ3) is 3.42. The summed E-state index contributed by atoms with van der Waals surface area (Å²) in [4.78, 5) is 16.2. The van der Waals surface area contributed by atoms with E-state index in [9.17, 15) is 4.79 Å². The van der Waals surface area contributed by atoms with Gasteiger partial charge in [-0.15, -0.1) is 0 Å². The van der Waals surface area contributed by atoms with Crippen LogP contribution in [0.25, 0.3) is 0 Å². The predicted octanol–water partition coefficient (Wildman–Crippen LogP) is 1.21. The van der Waals surface area contributed by atoms with E-state index >= 15 is 0 Å². The van der Waals surface area contributed by atoms with Crippen molar-refractivity contribution in [3.05, 3.63) is 0 Å². The van der Waals surface area contributed by atoms with Crippen LogP contribution in [0.15, 0.2) is 0 Å². The second-order valence-corrected chi connectivity index (χ2v) is 5.26. The van der Waals surface area contributed by atoms with E-state index in [2.05, 4.69) is 4.90 Å². The molecule has 0 heterocycles. The van der Waals surface area contributed by atoms with Crippen molar-refractivity contribution in [2.24, 2.45) is 5.41 Å². The van der Waals surface area contributed by atoms with Crippen LogP contribution >= 0.6 is 0 Å². The van der Waals surface area contributed by atoms with Gasteiger partial charge in [0.15, 0.2) is 0 Å². The summed E-state index contributed by atoms with van der Waals surface area (Å²) in [6, 6.07) is 0. The Balaban J connectivity index is 2.38. The standard InChI is InChI=1S/C13H26N2O2/c1-6-15(7-2)12(16)13(3)10-11(13)17-9-8-14(4)5/h11H,6-10H2,1-5H3/t11-,13+/m1/s1. The molecular weight excluding hydrogens is 216 g/mol. The van der Waals surface area contributed by atoms with Crippen LogP contribution in [0.4, 0.5) is 0 Å². The first-order valence-electron chi connectivity index (χ1n) is 6.51. The van der Waals surface area contributed by atoms with E-state index in [0.717, 1.165) is 26.1 Å². The maximum absolute atomic E-state index is 12.2. The van der Waals surface area contributed by atoms with E-state index in [-0.39, 0.29) is 17.4 Å². The van der Waals surface area contributed by atoms with E-state index in [1.165, 1.54) is 0 Å². The van der Waals surface area contributed by atoms with Gasteiger partial charge in [-0.2, -0.15) is 0 Å². The van der Waals surface area contributed by atoms with Crippen LogP contribution < -0.4 is 0 Å². The van der Waals surface area contributed by atoms with Crippen LogP contribution in [0.5, 0.6) is 0 Å². The SMILES string of the molecule is CCN(CC)C(=O)[C@@]1(C)C[C@H]1OCCN(C)C. The summed E-state index contributed by atoms with van der Waals surface area (Å²) in [6.07, 6.45) is 0.992. The van der Waals surface area contributed by atoms with Gasteiger partial charge in [0.2, 0.25) is 5.91 Å². The Morgan fingerprint density at radius 3 is 2.41 bits per heavy atom. The summed E-state index contributed by atoms with van der Waals surface area (Å²) in [5, 5.41) is 0. The number of rotatable bonds is 7. The average molecular weight is 242 g/mol. The fourth-order valence-electron chi connectivity index (χ4n) is 2.04. The first kappa shape index (κ1) is 14.5. The normalized spacial score (nSPS) is 27.3. The molecule has 1 aliphatic carbocycles. The minimum Gasteiger partial charge on any atom is -0.376 e. The second-order valence-electron chi connectivity index (χ2n) is 5.26. The van der Waals surface area contributed by atoms with Crippen molar-refractivity contribution >= 4 is 5.91 Å². The van der Waals surface area contributed by atoms with Crippen LogP contribution in [0.3, 0.4) is 0 Å². The second kappa shape index (κ2) is 5.83. The van der Waals surface area contributed by atoms with Crippen molar-refractivity contribution in [2.45, 2.75) is 33.3 Å². The molecule has 0 spiro atoms. The zero-order chi connectivity index (χ0) is 13.1. The van der Waals surface area contributed by atoms with Crippen molar-refractivity contribution in [2.75, 3.05) is 40.3 Å². The minimum atomic E-state index is -0.266. The van der Waals surface area contributed by atoms with Crippen LogP contribution in [0, 0.1) is 5.41 Å². The quantitative estimate of drug-likeness (QED) is 0.673. The molecule has 4 nitrogen and oxygen atoms in total. The molecule has 0 aromatic carbocycles. The molecule has 0 saturated heterocycles. The maximum atomic E-state index is 12.2. The zero-order valence-electron chi connectivity index (χ0n) is 11.8. The Morgan fingerprint density at radius 1 is 1.35 bits per heavy atom. The lowest BCUT2D eigenvalue weighted by atomic mass is 10.1. The van der Waals surface area contributed by atoms with Gasteiger partial charge in [0.05, 0.1) is 18.1 Å². The Kier molecular flexibility index (Phi) is 4.95. The number of likely N-dealkylation sites (N-methyl/N-ethyl adjacent to an activating group) is 1. The summed E-state index contributed by atoms with van der Waals surface area (Å²) in [5.41, 5.74) is -0.266. The molecule has 17 heavy (non-hydrogen) atoms. The number of ether oxygens (including phenoxy) is 1. The van der Waals surface area contributed by atoms with Gasteiger partial charge in [-0.25, -0.2) is 0 Å². The van der Waals surface area contributed by atoms with Crippen LogP contribution in [-0.2, 0) is 9.53 Å². The number of hydrogen-bond donors (Lipinski definition) is 0. The van der Waals surface area contributed by atoms with Gasteiger partial charge in [0, 0.05) is 19.6 Å². The van der Waals surface area contributed by atoms with Crippen molar-refractivity contribution in [1.29, 1.82) is 0 Å². The van der Waals surface area contributed by atoms with Gasteiger partial charge in [-0.3, -0.25) is 4.79 Å². The molecule has 4 heteroatoms. The highest BCUT2D eigenvalue weighted by Gasteiger charge is 2.58. The molecule has 0 aromatic heterocycles.